The predicted molar refractivity (Wildman–Crippen MR) is 68.0 cm³/mol. The highest BCUT2D eigenvalue weighted by atomic mass is 32.1. The van der Waals surface area contributed by atoms with E-state index in [1.165, 1.54) is 11.5 Å². The van der Waals surface area contributed by atoms with Crippen molar-refractivity contribution in [2.45, 2.75) is 6.04 Å². The van der Waals surface area contributed by atoms with Gasteiger partial charge in [-0.25, -0.2) is 0 Å². The van der Waals surface area contributed by atoms with E-state index >= 15 is 0 Å². The number of fused-ring (bicyclic) bond motifs is 1. The summed E-state index contributed by atoms with van der Waals surface area (Å²) in [6.07, 6.45) is 0. The first kappa shape index (κ1) is 11.3. The predicted octanol–water partition coefficient (Wildman–Crippen LogP) is 1.68. The number of benzene rings is 1. The van der Waals surface area contributed by atoms with Gasteiger partial charge in [-0.3, -0.25) is 0 Å². The van der Waals surface area contributed by atoms with E-state index in [0.29, 0.717) is 13.2 Å². The first-order valence-electron chi connectivity index (χ1n) is 5.15. The monoisotopic (exact) mass is 237 g/mol. The highest BCUT2D eigenvalue weighted by Gasteiger charge is 2.10. The van der Waals surface area contributed by atoms with E-state index in [9.17, 15) is 0 Å². The first-order chi connectivity index (χ1) is 7.85. The Labute approximate surface area is 98.6 Å². The van der Waals surface area contributed by atoms with Gasteiger partial charge in [0.15, 0.2) is 0 Å². The normalized spacial score (nSPS) is 12.9. The van der Waals surface area contributed by atoms with E-state index in [-0.39, 0.29) is 6.04 Å². The van der Waals surface area contributed by atoms with E-state index in [2.05, 4.69) is 15.8 Å². The Morgan fingerprint density at radius 3 is 3.06 bits per heavy atom. The molecule has 86 valence electrons. The number of ether oxygens (including phenoxy) is 1. The van der Waals surface area contributed by atoms with E-state index in [4.69, 9.17) is 10.5 Å². The van der Waals surface area contributed by atoms with Crippen molar-refractivity contribution in [3.63, 3.8) is 0 Å². The maximum absolute atomic E-state index is 5.66. The van der Waals surface area contributed by atoms with Gasteiger partial charge in [0.2, 0.25) is 0 Å². The van der Waals surface area contributed by atoms with Gasteiger partial charge in [-0.15, -0.1) is 0 Å². The molecule has 0 aliphatic carbocycles. The topological polar surface area (TPSA) is 60.2 Å². The second kappa shape index (κ2) is 5.25. The lowest BCUT2D eigenvalue weighted by atomic mass is 10.2. The van der Waals surface area contributed by atoms with Crippen molar-refractivity contribution in [3.8, 4) is 0 Å². The molecule has 0 saturated heterocycles. The third kappa shape index (κ3) is 2.32. The lowest BCUT2D eigenvalue weighted by Gasteiger charge is -2.15. The first-order valence-corrected chi connectivity index (χ1v) is 5.92. The van der Waals surface area contributed by atoms with Gasteiger partial charge in [0.05, 0.1) is 18.2 Å². The third-order valence-corrected chi connectivity index (χ3v) is 3.18. The molecular formula is C11H15N3OS. The van der Waals surface area contributed by atoms with Gasteiger partial charge < -0.3 is 15.8 Å². The molecule has 0 aliphatic heterocycles. The number of aromatic nitrogens is 1. The van der Waals surface area contributed by atoms with Crippen molar-refractivity contribution in [1.29, 1.82) is 0 Å². The van der Waals surface area contributed by atoms with Crippen LogP contribution in [0.2, 0.25) is 0 Å². The van der Waals surface area contributed by atoms with Crippen molar-refractivity contribution in [2.75, 3.05) is 25.6 Å². The fraction of sp³-hybridized carbons (Fsp3) is 0.364. The quantitative estimate of drug-likeness (QED) is 0.830. The third-order valence-electron chi connectivity index (χ3n) is 2.37. The van der Waals surface area contributed by atoms with E-state index < -0.39 is 0 Å². The molecule has 0 radical (unpaired) electrons. The molecule has 3 N–H and O–H groups in total. The number of anilines is 1. The molecule has 0 amide bonds. The van der Waals surface area contributed by atoms with Crippen LogP contribution in [0.25, 0.3) is 10.9 Å². The van der Waals surface area contributed by atoms with Crippen LogP contribution in [0.15, 0.2) is 24.3 Å². The summed E-state index contributed by atoms with van der Waals surface area (Å²) >= 11 is 1.46. The molecule has 0 spiro atoms. The Hall–Kier alpha value is -1.17. The van der Waals surface area contributed by atoms with Crippen molar-refractivity contribution < 1.29 is 4.74 Å². The van der Waals surface area contributed by atoms with Crippen LogP contribution in [0, 0.1) is 0 Å². The Morgan fingerprint density at radius 1 is 1.50 bits per heavy atom. The minimum Gasteiger partial charge on any atom is -0.383 e. The molecule has 0 aliphatic rings. The van der Waals surface area contributed by atoms with Gasteiger partial charge in [-0.1, -0.05) is 12.1 Å². The van der Waals surface area contributed by atoms with Gasteiger partial charge in [0, 0.05) is 19.0 Å². The fourth-order valence-electron chi connectivity index (χ4n) is 1.55. The Morgan fingerprint density at radius 2 is 2.31 bits per heavy atom. The van der Waals surface area contributed by atoms with Gasteiger partial charge >= 0.3 is 0 Å². The zero-order valence-electron chi connectivity index (χ0n) is 9.14. The Kier molecular flexibility index (Phi) is 3.71. The lowest BCUT2D eigenvalue weighted by Crippen LogP contribution is -2.32. The molecule has 1 aromatic carbocycles. The maximum atomic E-state index is 5.66. The molecule has 1 aromatic heterocycles. The highest BCUT2D eigenvalue weighted by molar-refractivity contribution is 7.11. The Balaban J connectivity index is 2.20. The van der Waals surface area contributed by atoms with Crippen LogP contribution in [-0.4, -0.2) is 30.7 Å². The number of nitrogens with zero attached hydrogens (tertiary/aromatic N) is 1. The summed E-state index contributed by atoms with van der Waals surface area (Å²) in [5.74, 6) is 0. The number of methoxy groups -OCH3 is 1. The number of nitrogens with two attached hydrogens (primary N) is 1. The summed E-state index contributed by atoms with van der Waals surface area (Å²) in [5.41, 5.74) is 6.68. The molecular weight excluding hydrogens is 222 g/mol. The molecule has 1 atom stereocenters. The van der Waals surface area contributed by atoms with Crippen LogP contribution in [0.3, 0.4) is 0 Å². The van der Waals surface area contributed by atoms with Crippen molar-refractivity contribution in [2.24, 2.45) is 5.73 Å². The summed E-state index contributed by atoms with van der Waals surface area (Å²) in [6.45, 7) is 1.14. The fourth-order valence-corrected chi connectivity index (χ4v) is 2.39. The highest BCUT2D eigenvalue weighted by Crippen LogP contribution is 2.27. The number of rotatable bonds is 5. The molecule has 4 nitrogen and oxygen atoms in total. The second-order valence-electron chi connectivity index (χ2n) is 3.56. The summed E-state index contributed by atoms with van der Waals surface area (Å²) in [4.78, 5) is 0. The van der Waals surface area contributed by atoms with Crippen LogP contribution in [0.4, 0.5) is 5.00 Å². The smallest absolute Gasteiger partial charge is 0.117 e. The largest absolute Gasteiger partial charge is 0.383 e. The second-order valence-corrected chi connectivity index (χ2v) is 4.33. The molecule has 2 aromatic rings. The molecule has 2 rings (SSSR count). The summed E-state index contributed by atoms with van der Waals surface area (Å²) in [6, 6.07) is 8.19. The molecule has 0 bridgehead atoms. The van der Waals surface area contributed by atoms with Crippen LogP contribution < -0.4 is 11.1 Å². The minimum absolute atomic E-state index is 0.133. The average Bonchev–Trinajstić information content (AvgIpc) is 2.72. The lowest BCUT2D eigenvalue weighted by molar-refractivity contribution is 0.187. The van der Waals surface area contributed by atoms with Gasteiger partial charge in [0.25, 0.3) is 0 Å². The maximum Gasteiger partial charge on any atom is 0.117 e. The van der Waals surface area contributed by atoms with Gasteiger partial charge in [-0.05, 0) is 23.7 Å². The Bertz CT molecular complexity index is 457. The zero-order valence-corrected chi connectivity index (χ0v) is 9.96. The molecule has 0 fully saturated rings. The molecule has 1 heterocycles. The van der Waals surface area contributed by atoms with Crippen molar-refractivity contribution in [3.05, 3.63) is 24.3 Å². The van der Waals surface area contributed by atoms with Gasteiger partial charge in [0.1, 0.15) is 5.00 Å². The minimum atomic E-state index is 0.133. The summed E-state index contributed by atoms with van der Waals surface area (Å²) < 4.78 is 9.46. The molecule has 1 unspecified atom stereocenters. The van der Waals surface area contributed by atoms with E-state index in [0.717, 1.165) is 15.9 Å². The number of hydrogen-bond donors (Lipinski definition) is 2. The van der Waals surface area contributed by atoms with Crippen LogP contribution in [-0.2, 0) is 4.74 Å². The number of nitrogens with one attached hydrogen (secondary N) is 1. The van der Waals surface area contributed by atoms with Crippen LogP contribution in [0.1, 0.15) is 0 Å². The molecule has 0 saturated carbocycles. The van der Waals surface area contributed by atoms with Crippen molar-refractivity contribution >= 4 is 27.4 Å². The number of hydrogen-bond acceptors (Lipinski definition) is 5. The van der Waals surface area contributed by atoms with Crippen LogP contribution in [0.5, 0.6) is 0 Å². The molecule has 5 heteroatoms. The van der Waals surface area contributed by atoms with Gasteiger partial charge in [-0.2, -0.15) is 4.37 Å². The summed E-state index contributed by atoms with van der Waals surface area (Å²) in [7, 11) is 1.68. The van der Waals surface area contributed by atoms with Crippen LogP contribution >= 0.6 is 11.5 Å². The molecule has 16 heavy (non-hydrogen) atoms. The SMILES string of the molecule is COCC(CN)Nc1snc2ccccc12. The summed E-state index contributed by atoms with van der Waals surface area (Å²) in [5, 5.41) is 5.56. The van der Waals surface area contributed by atoms with E-state index in [1.54, 1.807) is 7.11 Å². The zero-order chi connectivity index (χ0) is 11.4. The van der Waals surface area contributed by atoms with E-state index in [1.807, 2.05) is 18.2 Å². The average molecular weight is 237 g/mol. The van der Waals surface area contributed by atoms with Crippen molar-refractivity contribution in [1.82, 2.24) is 4.37 Å². The standard InChI is InChI=1S/C11H15N3OS/c1-15-7-8(6-12)13-11-9-4-2-3-5-10(9)14-16-11/h2-5,8,13H,6-7,12H2,1H3.